The molecule has 1 aliphatic rings. The van der Waals surface area contributed by atoms with E-state index in [1.165, 1.54) is 25.1 Å². The lowest BCUT2D eigenvalue weighted by atomic mass is 10.2. The second-order valence-electron chi connectivity index (χ2n) is 9.04. The molecule has 0 saturated heterocycles. The predicted molar refractivity (Wildman–Crippen MR) is 126 cm³/mol. The molecular formula is C20H27F2N5O7S2. The standard InChI is InChI=1S/C20H27F2N5O7S2/c1-12-17(11-26(25-12)18(21)22)36(31,32)27-10-14(9-23-35(5,29)30)33-16-7-6-13(8-15(16)27)24-19(28)34-20(2,3)4/h6-8,11,14,18,23H,9-10H2,1-5H3,(H,24,28)/t14-/m0/s1. The number of fused-ring (bicyclic) bond motifs is 1. The zero-order chi connectivity index (χ0) is 27.1. The molecule has 2 heterocycles. The first-order valence-corrected chi connectivity index (χ1v) is 13.9. The predicted octanol–water partition coefficient (Wildman–Crippen LogP) is 2.44. The maximum atomic E-state index is 13.6. The first kappa shape index (κ1) is 27.6. The number of ether oxygens (including phenoxy) is 2. The van der Waals surface area contributed by atoms with Gasteiger partial charge < -0.3 is 9.47 Å². The molecule has 1 aromatic heterocycles. The molecule has 0 spiro atoms. The van der Waals surface area contributed by atoms with E-state index in [-0.39, 0.29) is 40.6 Å². The third-order valence-corrected chi connectivity index (χ3v) is 7.32. The van der Waals surface area contributed by atoms with Crippen molar-refractivity contribution in [3.05, 3.63) is 30.1 Å². The van der Waals surface area contributed by atoms with Crippen LogP contribution in [0.1, 0.15) is 33.0 Å². The number of rotatable bonds is 7. The van der Waals surface area contributed by atoms with Gasteiger partial charge in [0.15, 0.2) is 0 Å². The van der Waals surface area contributed by atoms with Crippen molar-refractivity contribution >= 4 is 37.5 Å². The highest BCUT2D eigenvalue weighted by Gasteiger charge is 2.37. The van der Waals surface area contributed by atoms with Crippen LogP contribution >= 0.6 is 0 Å². The van der Waals surface area contributed by atoms with Crippen LogP contribution < -0.4 is 19.1 Å². The van der Waals surface area contributed by atoms with Gasteiger partial charge in [0.05, 0.1) is 30.4 Å². The van der Waals surface area contributed by atoms with Gasteiger partial charge in [-0.2, -0.15) is 13.9 Å². The number of halogens is 2. The van der Waals surface area contributed by atoms with Gasteiger partial charge in [-0.3, -0.25) is 9.62 Å². The Morgan fingerprint density at radius 2 is 1.94 bits per heavy atom. The van der Waals surface area contributed by atoms with E-state index in [4.69, 9.17) is 9.47 Å². The second-order valence-corrected chi connectivity index (χ2v) is 12.7. The maximum Gasteiger partial charge on any atom is 0.412 e. The molecule has 0 fully saturated rings. The lowest BCUT2D eigenvalue weighted by molar-refractivity contribution is 0.0560. The normalized spacial score (nSPS) is 16.4. The highest BCUT2D eigenvalue weighted by atomic mass is 32.2. The molecule has 3 rings (SSSR count). The highest BCUT2D eigenvalue weighted by Crippen LogP contribution is 2.39. The summed E-state index contributed by atoms with van der Waals surface area (Å²) < 4.78 is 91.0. The zero-order valence-corrected chi connectivity index (χ0v) is 21.8. The number of benzene rings is 1. The lowest BCUT2D eigenvalue weighted by Crippen LogP contribution is -2.48. The highest BCUT2D eigenvalue weighted by molar-refractivity contribution is 7.93. The number of carbonyl (C=O) groups excluding carboxylic acids is 1. The number of carbonyl (C=O) groups is 1. The molecule has 2 aromatic rings. The third-order valence-electron chi connectivity index (χ3n) is 4.75. The van der Waals surface area contributed by atoms with Crippen molar-refractivity contribution in [3.63, 3.8) is 0 Å². The molecule has 0 bridgehead atoms. The number of alkyl halides is 2. The van der Waals surface area contributed by atoms with Crippen LogP contribution in [0.15, 0.2) is 29.3 Å². The number of amides is 1. The summed E-state index contributed by atoms with van der Waals surface area (Å²) in [5.41, 5.74) is -0.751. The van der Waals surface area contributed by atoms with Crippen LogP contribution in [0, 0.1) is 6.92 Å². The van der Waals surface area contributed by atoms with Crippen LogP contribution in [0.4, 0.5) is 25.0 Å². The average Bonchev–Trinajstić information content (AvgIpc) is 3.12. The first-order chi connectivity index (χ1) is 16.5. The van der Waals surface area contributed by atoms with Gasteiger partial charge in [-0.25, -0.2) is 31.0 Å². The Bertz CT molecular complexity index is 1350. The van der Waals surface area contributed by atoms with E-state index < -0.39 is 49.3 Å². The quantitative estimate of drug-likeness (QED) is 0.533. The van der Waals surface area contributed by atoms with Gasteiger partial charge in [-0.05, 0) is 45.9 Å². The zero-order valence-electron chi connectivity index (χ0n) is 20.2. The van der Waals surface area contributed by atoms with E-state index in [0.717, 1.165) is 16.8 Å². The fourth-order valence-corrected chi connectivity index (χ4v) is 5.47. The smallest absolute Gasteiger partial charge is 0.412 e. The largest absolute Gasteiger partial charge is 0.485 e. The second kappa shape index (κ2) is 9.82. The molecule has 1 amide bonds. The van der Waals surface area contributed by atoms with Gasteiger partial charge in [0.1, 0.15) is 22.4 Å². The summed E-state index contributed by atoms with van der Waals surface area (Å²) in [5.74, 6) is 0.0683. The SMILES string of the molecule is Cc1nn(C(F)F)cc1S(=O)(=O)N1C[C@H](CNS(C)(=O)=O)Oc2ccc(NC(=O)OC(C)(C)C)cc21. The number of hydrogen-bond donors (Lipinski definition) is 2. The Morgan fingerprint density at radius 1 is 1.28 bits per heavy atom. The fraction of sp³-hybridized carbons (Fsp3) is 0.500. The van der Waals surface area contributed by atoms with Crippen molar-refractivity contribution in [1.82, 2.24) is 14.5 Å². The van der Waals surface area contributed by atoms with Gasteiger partial charge >= 0.3 is 12.6 Å². The first-order valence-electron chi connectivity index (χ1n) is 10.6. The van der Waals surface area contributed by atoms with E-state index >= 15 is 0 Å². The van der Waals surface area contributed by atoms with Crippen molar-refractivity contribution in [2.75, 3.05) is 29.0 Å². The number of hydrogen-bond acceptors (Lipinski definition) is 8. The number of sulfonamides is 2. The molecule has 12 nitrogen and oxygen atoms in total. The Kier molecular flexibility index (Phi) is 7.53. The van der Waals surface area contributed by atoms with E-state index in [1.54, 1.807) is 20.8 Å². The summed E-state index contributed by atoms with van der Waals surface area (Å²) in [4.78, 5) is 11.7. The molecule has 16 heteroatoms. The summed E-state index contributed by atoms with van der Waals surface area (Å²) in [6.07, 6.45) is -0.0681. The Labute approximate surface area is 207 Å². The van der Waals surface area contributed by atoms with Crippen molar-refractivity contribution in [1.29, 1.82) is 0 Å². The van der Waals surface area contributed by atoms with Crippen molar-refractivity contribution in [2.45, 2.75) is 50.8 Å². The summed E-state index contributed by atoms with van der Waals surface area (Å²) in [6.45, 7) is 2.64. The van der Waals surface area contributed by atoms with E-state index in [0.29, 0.717) is 0 Å². The minimum Gasteiger partial charge on any atom is -0.485 e. The molecule has 0 saturated carbocycles. The molecule has 0 radical (unpaired) electrons. The molecule has 0 aliphatic carbocycles. The number of aryl methyl sites for hydroxylation is 1. The summed E-state index contributed by atoms with van der Waals surface area (Å²) in [5, 5.41) is 6.07. The average molecular weight is 552 g/mol. The van der Waals surface area contributed by atoms with E-state index in [9.17, 15) is 30.4 Å². The van der Waals surface area contributed by atoms with Crippen LogP contribution in [-0.2, 0) is 24.8 Å². The topological polar surface area (TPSA) is 149 Å². The molecule has 1 aromatic carbocycles. The number of aromatic nitrogens is 2. The Balaban J connectivity index is 2.03. The van der Waals surface area contributed by atoms with Crippen molar-refractivity contribution in [3.8, 4) is 5.75 Å². The van der Waals surface area contributed by atoms with Crippen LogP contribution in [0.2, 0.25) is 0 Å². The minimum absolute atomic E-state index is 0.00311. The molecule has 0 unspecified atom stereocenters. The van der Waals surface area contributed by atoms with Gasteiger partial charge in [0.2, 0.25) is 10.0 Å². The number of anilines is 2. The van der Waals surface area contributed by atoms with Crippen LogP contribution in [0.5, 0.6) is 5.75 Å². The van der Waals surface area contributed by atoms with Gasteiger partial charge in [0, 0.05) is 12.2 Å². The number of nitrogens with zero attached hydrogens (tertiary/aromatic N) is 3. The number of nitrogens with one attached hydrogen (secondary N) is 2. The van der Waals surface area contributed by atoms with Crippen LogP contribution in [-0.4, -0.2) is 63.8 Å². The van der Waals surface area contributed by atoms with Crippen LogP contribution in [0.3, 0.4) is 0 Å². The lowest BCUT2D eigenvalue weighted by Gasteiger charge is -2.35. The molecule has 1 atom stereocenters. The van der Waals surface area contributed by atoms with Gasteiger partial charge in [-0.1, -0.05) is 0 Å². The molecule has 2 N–H and O–H groups in total. The fourth-order valence-electron chi connectivity index (χ4n) is 3.33. The minimum atomic E-state index is -4.46. The summed E-state index contributed by atoms with van der Waals surface area (Å²) in [6, 6.07) is 4.16. The molecule has 1 aliphatic heterocycles. The van der Waals surface area contributed by atoms with E-state index in [1.807, 2.05) is 0 Å². The molecule has 200 valence electrons. The maximum absolute atomic E-state index is 13.6. The van der Waals surface area contributed by atoms with Crippen molar-refractivity contribution < 1.29 is 39.9 Å². The third kappa shape index (κ3) is 6.61. The molecular weight excluding hydrogens is 524 g/mol. The van der Waals surface area contributed by atoms with Crippen LogP contribution in [0.25, 0.3) is 0 Å². The monoisotopic (exact) mass is 551 g/mol. The summed E-state index contributed by atoms with van der Waals surface area (Å²) >= 11 is 0. The summed E-state index contributed by atoms with van der Waals surface area (Å²) in [7, 11) is -8.07. The van der Waals surface area contributed by atoms with E-state index in [2.05, 4.69) is 15.1 Å². The van der Waals surface area contributed by atoms with Crippen molar-refractivity contribution in [2.24, 2.45) is 0 Å². The molecule has 36 heavy (non-hydrogen) atoms. The Morgan fingerprint density at radius 3 is 2.50 bits per heavy atom. The van der Waals surface area contributed by atoms with Gasteiger partial charge in [0.25, 0.3) is 10.0 Å². The van der Waals surface area contributed by atoms with Gasteiger partial charge in [-0.15, -0.1) is 0 Å². The Hall–Kier alpha value is -2.98.